The monoisotopic (exact) mass is 282 g/mol. The highest BCUT2D eigenvalue weighted by Crippen LogP contribution is 2.28. The second-order valence-electron chi connectivity index (χ2n) is 4.50. The topological polar surface area (TPSA) is 82.0 Å². The van der Waals surface area contributed by atoms with Gasteiger partial charge in [-0.2, -0.15) is 9.61 Å². The molecule has 0 aliphatic carbocycles. The molecule has 1 aromatic carbocycles. The van der Waals surface area contributed by atoms with Gasteiger partial charge in [0.05, 0.1) is 15.9 Å². The summed E-state index contributed by atoms with van der Waals surface area (Å²) in [5, 5.41) is 13.4. The van der Waals surface area contributed by atoms with E-state index >= 15 is 0 Å². The van der Waals surface area contributed by atoms with Crippen LogP contribution in [-0.2, 0) is 0 Å². The number of hydrogen-bond donors (Lipinski definition) is 1. The van der Waals surface area contributed by atoms with Crippen LogP contribution in [0.3, 0.4) is 0 Å². The fraction of sp³-hybridized carbons (Fsp3) is 0.0769. The van der Waals surface area contributed by atoms with Crippen LogP contribution in [-0.4, -0.2) is 24.8 Å². The standard InChI is InChI=1S/C13H10N6S/c1-7-2-5-11-16-17-12(19(11)18-7)8-3-4-9-10(6-8)20-13(14)15-9/h2-6H,1H3,(H2,14,15). The third-order valence-electron chi connectivity index (χ3n) is 3.06. The minimum atomic E-state index is 0.567. The Hall–Kier alpha value is -2.54. The largest absolute Gasteiger partial charge is 0.375 e. The van der Waals surface area contributed by atoms with Crippen molar-refractivity contribution < 1.29 is 0 Å². The number of fused-ring (bicyclic) bond motifs is 2. The Kier molecular flexibility index (Phi) is 2.25. The van der Waals surface area contributed by atoms with Crippen LogP contribution in [0.25, 0.3) is 27.3 Å². The van der Waals surface area contributed by atoms with Crippen LogP contribution in [0.15, 0.2) is 30.3 Å². The SMILES string of the molecule is Cc1ccc2nnc(-c3ccc4nc(N)sc4c3)n2n1. The number of nitrogens with two attached hydrogens (primary N) is 1. The number of thiazole rings is 1. The maximum absolute atomic E-state index is 5.73. The van der Waals surface area contributed by atoms with E-state index in [2.05, 4.69) is 20.3 Å². The number of nitrogens with zero attached hydrogens (tertiary/aromatic N) is 5. The van der Waals surface area contributed by atoms with Crippen molar-refractivity contribution in [1.82, 2.24) is 24.8 Å². The molecular formula is C13H10N6S. The fourth-order valence-corrected chi connectivity index (χ4v) is 2.92. The van der Waals surface area contributed by atoms with Gasteiger partial charge >= 0.3 is 0 Å². The van der Waals surface area contributed by atoms with Crippen molar-refractivity contribution in [1.29, 1.82) is 0 Å². The molecule has 0 unspecified atom stereocenters. The predicted octanol–water partition coefficient (Wildman–Crippen LogP) is 2.29. The average Bonchev–Trinajstić information content (AvgIpc) is 2.99. The van der Waals surface area contributed by atoms with Gasteiger partial charge in [-0.1, -0.05) is 11.3 Å². The molecule has 0 radical (unpaired) electrons. The van der Waals surface area contributed by atoms with Crippen molar-refractivity contribution in [3.05, 3.63) is 36.0 Å². The number of rotatable bonds is 1. The van der Waals surface area contributed by atoms with Gasteiger partial charge in [0.15, 0.2) is 16.6 Å². The first-order valence-electron chi connectivity index (χ1n) is 6.06. The Balaban J connectivity index is 1.97. The Labute approximate surface area is 117 Å². The third-order valence-corrected chi connectivity index (χ3v) is 3.91. The molecule has 0 saturated heterocycles. The molecule has 0 saturated carbocycles. The first kappa shape index (κ1) is 11.3. The zero-order valence-corrected chi connectivity index (χ0v) is 11.4. The van der Waals surface area contributed by atoms with Gasteiger partial charge in [0.1, 0.15) is 0 Å². The zero-order valence-electron chi connectivity index (χ0n) is 10.6. The molecule has 2 N–H and O–H groups in total. The van der Waals surface area contributed by atoms with E-state index in [1.165, 1.54) is 11.3 Å². The lowest BCUT2D eigenvalue weighted by atomic mass is 10.2. The normalized spacial score (nSPS) is 11.4. The number of nitrogen functional groups attached to an aromatic ring is 1. The summed E-state index contributed by atoms with van der Waals surface area (Å²) in [4.78, 5) is 4.25. The van der Waals surface area contributed by atoms with Gasteiger partial charge in [0.25, 0.3) is 0 Å². The quantitative estimate of drug-likeness (QED) is 0.579. The summed E-state index contributed by atoms with van der Waals surface area (Å²) in [7, 11) is 0. The van der Waals surface area contributed by atoms with E-state index in [0.717, 1.165) is 32.9 Å². The number of benzene rings is 1. The molecule has 4 rings (SSSR count). The Morgan fingerprint density at radius 2 is 2.05 bits per heavy atom. The first-order chi connectivity index (χ1) is 9.70. The van der Waals surface area contributed by atoms with Gasteiger partial charge in [-0.3, -0.25) is 0 Å². The van der Waals surface area contributed by atoms with E-state index in [-0.39, 0.29) is 0 Å². The van der Waals surface area contributed by atoms with Crippen LogP contribution in [0.5, 0.6) is 0 Å². The van der Waals surface area contributed by atoms with Crippen LogP contribution in [0.2, 0.25) is 0 Å². The highest BCUT2D eigenvalue weighted by atomic mass is 32.1. The molecule has 0 fully saturated rings. The molecule has 0 aliphatic heterocycles. The van der Waals surface area contributed by atoms with E-state index in [1.54, 1.807) is 4.52 Å². The van der Waals surface area contributed by atoms with Crippen LogP contribution >= 0.6 is 11.3 Å². The van der Waals surface area contributed by atoms with Crippen LogP contribution in [0.4, 0.5) is 5.13 Å². The predicted molar refractivity (Wildman–Crippen MR) is 78.5 cm³/mol. The van der Waals surface area contributed by atoms with Gasteiger partial charge in [-0.25, -0.2) is 4.98 Å². The summed E-state index contributed by atoms with van der Waals surface area (Å²) in [5.41, 5.74) is 9.23. The molecule has 6 nitrogen and oxygen atoms in total. The summed E-state index contributed by atoms with van der Waals surface area (Å²) in [6, 6.07) is 9.74. The second-order valence-corrected chi connectivity index (χ2v) is 5.57. The smallest absolute Gasteiger partial charge is 0.185 e. The third kappa shape index (κ3) is 1.64. The lowest BCUT2D eigenvalue weighted by Crippen LogP contribution is -1.96. The molecule has 0 bridgehead atoms. The molecule has 98 valence electrons. The van der Waals surface area contributed by atoms with E-state index in [9.17, 15) is 0 Å². The molecule has 3 heterocycles. The highest BCUT2D eigenvalue weighted by molar-refractivity contribution is 7.22. The molecule has 0 spiro atoms. The minimum Gasteiger partial charge on any atom is -0.375 e. The summed E-state index contributed by atoms with van der Waals surface area (Å²) in [6.45, 7) is 1.94. The van der Waals surface area contributed by atoms with Crippen molar-refractivity contribution in [2.45, 2.75) is 6.92 Å². The number of hydrogen-bond acceptors (Lipinski definition) is 6. The van der Waals surface area contributed by atoms with Crippen molar-refractivity contribution in [2.75, 3.05) is 5.73 Å². The Bertz CT molecular complexity index is 938. The summed E-state index contributed by atoms with van der Waals surface area (Å²) in [5.74, 6) is 0.720. The van der Waals surface area contributed by atoms with Crippen LogP contribution in [0.1, 0.15) is 5.69 Å². The minimum absolute atomic E-state index is 0.567. The molecule has 0 atom stereocenters. The first-order valence-corrected chi connectivity index (χ1v) is 6.88. The van der Waals surface area contributed by atoms with Gasteiger partial charge in [0.2, 0.25) is 0 Å². The van der Waals surface area contributed by atoms with Gasteiger partial charge < -0.3 is 5.73 Å². The molecule has 0 amide bonds. The van der Waals surface area contributed by atoms with E-state index in [0.29, 0.717) is 5.13 Å². The van der Waals surface area contributed by atoms with E-state index in [4.69, 9.17) is 5.73 Å². The van der Waals surface area contributed by atoms with Gasteiger partial charge in [-0.15, -0.1) is 10.2 Å². The van der Waals surface area contributed by atoms with Crippen LogP contribution < -0.4 is 5.73 Å². The summed E-state index contributed by atoms with van der Waals surface area (Å²) in [6.07, 6.45) is 0. The second kappa shape index (κ2) is 3.97. The Morgan fingerprint density at radius 3 is 2.95 bits per heavy atom. The summed E-state index contributed by atoms with van der Waals surface area (Å²) < 4.78 is 2.78. The van der Waals surface area contributed by atoms with Gasteiger partial charge in [-0.05, 0) is 37.3 Å². The molecule has 7 heteroatoms. The van der Waals surface area contributed by atoms with E-state index < -0.39 is 0 Å². The highest BCUT2D eigenvalue weighted by Gasteiger charge is 2.11. The summed E-state index contributed by atoms with van der Waals surface area (Å²) >= 11 is 1.46. The van der Waals surface area contributed by atoms with Crippen LogP contribution in [0, 0.1) is 6.92 Å². The molecule has 4 aromatic rings. The van der Waals surface area contributed by atoms with Crippen molar-refractivity contribution >= 4 is 32.3 Å². The fourth-order valence-electron chi connectivity index (χ4n) is 2.14. The lowest BCUT2D eigenvalue weighted by Gasteiger charge is -2.00. The average molecular weight is 282 g/mol. The van der Waals surface area contributed by atoms with Gasteiger partial charge in [0, 0.05) is 5.56 Å². The molecule has 0 aliphatic rings. The van der Waals surface area contributed by atoms with Crippen molar-refractivity contribution in [2.24, 2.45) is 0 Å². The number of aryl methyl sites for hydroxylation is 1. The number of anilines is 1. The maximum Gasteiger partial charge on any atom is 0.185 e. The zero-order chi connectivity index (χ0) is 13.7. The molecular weight excluding hydrogens is 272 g/mol. The van der Waals surface area contributed by atoms with E-state index in [1.807, 2.05) is 37.3 Å². The van der Waals surface area contributed by atoms with Crippen molar-refractivity contribution in [3.63, 3.8) is 0 Å². The molecule has 3 aromatic heterocycles. The lowest BCUT2D eigenvalue weighted by molar-refractivity contribution is 0.902. The number of aromatic nitrogens is 5. The Morgan fingerprint density at radius 1 is 1.15 bits per heavy atom. The van der Waals surface area contributed by atoms with Crippen molar-refractivity contribution in [3.8, 4) is 11.4 Å². The molecule has 20 heavy (non-hydrogen) atoms. The maximum atomic E-state index is 5.73.